The van der Waals surface area contributed by atoms with Crippen LogP contribution < -0.4 is 21.5 Å². The summed E-state index contributed by atoms with van der Waals surface area (Å²) in [5.74, 6) is 0.398. The van der Waals surface area contributed by atoms with Gasteiger partial charge >= 0.3 is 0 Å². The molecule has 134 valence electrons. The van der Waals surface area contributed by atoms with Gasteiger partial charge in [0.1, 0.15) is 6.04 Å². The highest BCUT2D eigenvalue weighted by Crippen LogP contribution is 2.25. The molecule has 3 rings (SSSR count). The van der Waals surface area contributed by atoms with E-state index >= 15 is 0 Å². The van der Waals surface area contributed by atoms with E-state index in [-0.39, 0.29) is 29.8 Å². The normalized spacial score (nSPS) is 26.4. The molecule has 0 radical (unpaired) electrons. The summed E-state index contributed by atoms with van der Waals surface area (Å²) < 4.78 is 1.06. The highest BCUT2D eigenvalue weighted by atomic mass is 79.9. The second kappa shape index (κ2) is 8.15. The molecule has 0 aliphatic carbocycles. The van der Waals surface area contributed by atoms with Crippen LogP contribution in [0.15, 0.2) is 28.7 Å². The monoisotopic (exact) mass is 416 g/mol. The Labute approximate surface area is 158 Å². The number of benzene rings is 1. The molecule has 4 N–H and O–H groups in total. The average Bonchev–Trinajstić information content (AvgIpc) is 2.97. The average molecular weight is 418 g/mol. The number of amides is 1. The third kappa shape index (κ3) is 4.29. The molecular weight excluding hydrogens is 392 g/mol. The number of piperidine rings is 1. The summed E-state index contributed by atoms with van der Waals surface area (Å²) in [5.41, 5.74) is 7.54. The van der Waals surface area contributed by atoms with Gasteiger partial charge in [-0.05, 0) is 30.7 Å². The number of nitrogens with one attached hydrogen (secondary N) is 4. The number of carbonyl (C=O) groups excluding carboxylic acids is 1. The SMILES string of the molecule is CC(C)(CNC(=O)C1NNC2CCNCC21)c1cccc(Br)c1.Cl. The lowest BCUT2D eigenvalue weighted by atomic mass is 9.84. The minimum atomic E-state index is -0.161. The molecule has 0 aromatic heterocycles. The van der Waals surface area contributed by atoms with Gasteiger partial charge in [0.05, 0.1) is 0 Å². The van der Waals surface area contributed by atoms with Crippen molar-refractivity contribution < 1.29 is 4.79 Å². The summed E-state index contributed by atoms with van der Waals surface area (Å²) in [6.07, 6.45) is 1.06. The summed E-state index contributed by atoms with van der Waals surface area (Å²) in [5, 5.41) is 6.51. The molecule has 1 aromatic carbocycles. The zero-order chi connectivity index (χ0) is 16.4. The number of halogens is 2. The van der Waals surface area contributed by atoms with E-state index in [2.05, 4.69) is 63.4 Å². The van der Waals surface area contributed by atoms with E-state index in [4.69, 9.17) is 0 Å². The molecule has 2 aliphatic rings. The van der Waals surface area contributed by atoms with Crippen LogP contribution in [0.1, 0.15) is 25.8 Å². The first kappa shape index (κ1) is 19.7. The van der Waals surface area contributed by atoms with Gasteiger partial charge in [-0.25, -0.2) is 5.43 Å². The summed E-state index contributed by atoms with van der Waals surface area (Å²) in [6.45, 7) is 6.82. The van der Waals surface area contributed by atoms with E-state index < -0.39 is 0 Å². The Morgan fingerprint density at radius 2 is 2.17 bits per heavy atom. The van der Waals surface area contributed by atoms with E-state index in [1.54, 1.807) is 0 Å². The molecule has 7 heteroatoms. The van der Waals surface area contributed by atoms with E-state index in [0.29, 0.717) is 18.5 Å². The second-order valence-electron chi connectivity index (χ2n) is 7.14. The second-order valence-corrected chi connectivity index (χ2v) is 8.06. The number of carbonyl (C=O) groups is 1. The Balaban J connectivity index is 0.00000208. The minimum absolute atomic E-state index is 0. The van der Waals surface area contributed by atoms with Crippen LogP contribution in [0, 0.1) is 5.92 Å². The highest BCUT2D eigenvalue weighted by molar-refractivity contribution is 9.10. The quantitative estimate of drug-likeness (QED) is 0.602. The topological polar surface area (TPSA) is 65.2 Å². The molecule has 0 spiro atoms. The number of rotatable bonds is 4. The van der Waals surface area contributed by atoms with Crippen molar-refractivity contribution in [1.29, 1.82) is 0 Å². The Morgan fingerprint density at radius 1 is 1.38 bits per heavy atom. The van der Waals surface area contributed by atoms with Crippen molar-refractivity contribution in [1.82, 2.24) is 21.5 Å². The Hall–Kier alpha value is -0.660. The first-order chi connectivity index (χ1) is 11.0. The standard InChI is InChI=1S/C17H25BrN4O.ClH/c1-17(2,11-4-3-5-12(18)8-11)10-20-16(23)15-13-9-19-7-6-14(13)21-22-15;/h3-5,8,13-15,19,21-22H,6-7,9-10H2,1-2H3,(H,20,23);1H. The maximum Gasteiger partial charge on any atom is 0.238 e. The molecule has 5 nitrogen and oxygen atoms in total. The van der Waals surface area contributed by atoms with Gasteiger partial charge in [0.25, 0.3) is 0 Å². The summed E-state index contributed by atoms with van der Waals surface area (Å²) in [4.78, 5) is 12.6. The van der Waals surface area contributed by atoms with Gasteiger partial charge in [0, 0.05) is 34.9 Å². The Kier molecular flexibility index (Phi) is 6.67. The van der Waals surface area contributed by atoms with Crippen LogP contribution in [0.25, 0.3) is 0 Å². The van der Waals surface area contributed by atoms with E-state index in [1.807, 2.05) is 12.1 Å². The van der Waals surface area contributed by atoms with Gasteiger partial charge in [-0.1, -0.05) is 41.9 Å². The molecule has 0 bridgehead atoms. The molecule has 0 saturated carbocycles. The smallest absolute Gasteiger partial charge is 0.238 e. The van der Waals surface area contributed by atoms with Crippen LogP contribution >= 0.6 is 28.3 Å². The first-order valence-corrected chi connectivity index (χ1v) is 9.02. The van der Waals surface area contributed by atoms with Crippen molar-refractivity contribution in [3.8, 4) is 0 Å². The summed E-state index contributed by atoms with van der Waals surface area (Å²) in [7, 11) is 0. The van der Waals surface area contributed by atoms with Crippen molar-refractivity contribution in [2.75, 3.05) is 19.6 Å². The Morgan fingerprint density at radius 3 is 2.92 bits per heavy atom. The van der Waals surface area contributed by atoms with Gasteiger partial charge in [0.15, 0.2) is 0 Å². The van der Waals surface area contributed by atoms with Crippen LogP contribution in [-0.2, 0) is 10.2 Å². The molecule has 2 fully saturated rings. The van der Waals surface area contributed by atoms with Crippen molar-refractivity contribution >= 4 is 34.2 Å². The summed E-state index contributed by atoms with van der Waals surface area (Å²) >= 11 is 3.51. The predicted molar refractivity (Wildman–Crippen MR) is 102 cm³/mol. The summed E-state index contributed by atoms with van der Waals surface area (Å²) in [6, 6.07) is 8.50. The van der Waals surface area contributed by atoms with Gasteiger partial charge in [-0.3, -0.25) is 10.2 Å². The molecule has 1 aromatic rings. The van der Waals surface area contributed by atoms with Gasteiger partial charge in [0.2, 0.25) is 5.91 Å². The zero-order valence-electron chi connectivity index (χ0n) is 14.1. The van der Waals surface area contributed by atoms with Crippen molar-refractivity contribution in [3.05, 3.63) is 34.3 Å². The Bertz CT molecular complexity index is 583. The molecule has 1 amide bonds. The van der Waals surface area contributed by atoms with Crippen LogP contribution in [0.3, 0.4) is 0 Å². The third-order valence-electron chi connectivity index (χ3n) is 4.97. The van der Waals surface area contributed by atoms with Crippen molar-refractivity contribution in [2.45, 2.75) is 37.8 Å². The number of hydrazine groups is 1. The zero-order valence-corrected chi connectivity index (χ0v) is 16.5. The largest absolute Gasteiger partial charge is 0.354 e. The van der Waals surface area contributed by atoms with Crippen LogP contribution in [0.5, 0.6) is 0 Å². The minimum Gasteiger partial charge on any atom is -0.354 e. The van der Waals surface area contributed by atoms with Gasteiger partial charge < -0.3 is 10.6 Å². The lowest BCUT2D eigenvalue weighted by Gasteiger charge is -2.29. The molecule has 2 heterocycles. The predicted octanol–water partition coefficient (Wildman–Crippen LogP) is 1.72. The van der Waals surface area contributed by atoms with E-state index in [9.17, 15) is 4.79 Å². The lowest BCUT2D eigenvalue weighted by molar-refractivity contribution is -0.124. The number of hydrogen-bond acceptors (Lipinski definition) is 4. The fourth-order valence-electron chi connectivity index (χ4n) is 3.41. The van der Waals surface area contributed by atoms with Crippen LogP contribution in [0.4, 0.5) is 0 Å². The maximum absolute atomic E-state index is 12.6. The first-order valence-electron chi connectivity index (χ1n) is 8.23. The fourth-order valence-corrected chi connectivity index (χ4v) is 3.80. The number of hydrogen-bond donors (Lipinski definition) is 4. The third-order valence-corrected chi connectivity index (χ3v) is 5.47. The van der Waals surface area contributed by atoms with Crippen LogP contribution in [-0.4, -0.2) is 37.6 Å². The highest BCUT2D eigenvalue weighted by Gasteiger charge is 2.41. The van der Waals surface area contributed by atoms with E-state index in [1.165, 1.54) is 5.56 Å². The maximum atomic E-state index is 12.6. The molecular formula is C17H26BrClN4O. The molecule has 24 heavy (non-hydrogen) atoms. The van der Waals surface area contributed by atoms with E-state index in [0.717, 1.165) is 24.0 Å². The molecule has 3 atom stereocenters. The fraction of sp³-hybridized carbons (Fsp3) is 0.588. The molecule has 2 saturated heterocycles. The van der Waals surface area contributed by atoms with Crippen molar-refractivity contribution in [3.63, 3.8) is 0 Å². The number of fused-ring (bicyclic) bond motifs is 1. The molecule has 2 aliphatic heterocycles. The lowest BCUT2D eigenvalue weighted by Crippen LogP contribution is -2.51. The van der Waals surface area contributed by atoms with Gasteiger partial charge in [-0.15, -0.1) is 12.4 Å². The van der Waals surface area contributed by atoms with Crippen LogP contribution in [0.2, 0.25) is 0 Å². The molecule has 3 unspecified atom stereocenters. The van der Waals surface area contributed by atoms with Crippen molar-refractivity contribution in [2.24, 2.45) is 5.92 Å². The van der Waals surface area contributed by atoms with Gasteiger partial charge in [-0.2, -0.15) is 0 Å².